The van der Waals surface area contributed by atoms with Crippen molar-refractivity contribution in [1.29, 1.82) is 0 Å². The first-order chi connectivity index (χ1) is 16.4. The summed E-state index contributed by atoms with van der Waals surface area (Å²) in [5.41, 5.74) is -0.179. The molecular formula is C23H36N5O6PS. The third-order valence-electron chi connectivity index (χ3n) is 5.81. The van der Waals surface area contributed by atoms with E-state index in [9.17, 15) is 22.9 Å². The Balaban J connectivity index is 2.10. The highest BCUT2D eigenvalue weighted by Gasteiger charge is 2.48. The summed E-state index contributed by atoms with van der Waals surface area (Å²) in [6.07, 6.45) is 0.714. The van der Waals surface area contributed by atoms with Gasteiger partial charge in [0, 0.05) is 6.54 Å². The molecule has 2 aliphatic heterocycles. The molecule has 1 amide bonds. The first-order valence-electron chi connectivity index (χ1n) is 11.7. The van der Waals surface area contributed by atoms with Crippen molar-refractivity contribution in [3.63, 3.8) is 0 Å². The third kappa shape index (κ3) is 5.94. The van der Waals surface area contributed by atoms with E-state index in [0.717, 1.165) is 0 Å². The maximum absolute atomic E-state index is 13.9. The number of nitrogens with zero attached hydrogens (tertiary/aromatic N) is 2. The number of amides is 1. The van der Waals surface area contributed by atoms with Gasteiger partial charge in [-0.05, 0) is 42.4 Å². The number of hydrogen-bond donors (Lipinski definition) is 4. The van der Waals surface area contributed by atoms with Crippen LogP contribution in [0, 0.1) is 10.8 Å². The summed E-state index contributed by atoms with van der Waals surface area (Å²) >= 11 is 0. The molecule has 0 saturated carbocycles. The van der Waals surface area contributed by atoms with Crippen LogP contribution in [-0.4, -0.2) is 49.4 Å². The Bertz CT molecular complexity index is 1280. The number of carbonyl (C=O) groups excluding carboxylic acids is 1. The van der Waals surface area contributed by atoms with Gasteiger partial charge in [-0.15, -0.1) is 0 Å². The average molecular weight is 542 g/mol. The lowest BCUT2D eigenvalue weighted by Crippen LogP contribution is -2.45. The summed E-state index contributed by atoms with van der Waals surface area (Å²) in [6.45, 7) is 14.2. The molecule has 11 nitrogen and oxygen atoms in total. The van der Waals surface area contributed by atoms with Crippen LogP contribution in [0.1, 0.15) is 54.9 Å². The van der Waals surface area contributed by atoms with Crippen LogP contribution in [-0.2, 0) is 24.1 Å². The Morgan fingerprint density at radius 3 is 2.42 bits per heavy atom. The molecule has 2 atom stereocenters. The number of nitrogens with two attached hydrogens (primary N) is 1. The Labute approximate surface area is 212 Å². The van der Waals surface area contributed by atoms with E-state index in [1.165, 1.54) is 18.2 Å². The zero-order chi connectivity index (χ0) is 27.3. The zero-order valence-electron chi connectivity index (χ0n) is 21.7. The van der Waals surface area contributed by atoms with Crippen LogP contribution in [0.2, 0.25) is 0 Å². The van der Waals surface area contributed by atoms with Gasteiger partial charge in [-0.1, -0.05) is 41.5 Å². The number of hydrogen-bond acceptors (Lipinski definition) is 7. The molecule has 0 radical (unpaired) electrons. The molecule has 36 heavy (non-hydrogen) atoms. The van der Waals surface area contributed by atoms with Crippen LogP contribution < -0.4 is 20.5 Å². The molecule has 2 aliphatic rings. The second-order valence-corrected chi connectivity index (χ2v) is 14.5. The molecule has 0 aromatic heterocycles. The number of amidine groups is 1. The van der Waals surface area contributed by atoms with Crippen molar-refractivity contribution in [3.8, 4) is 0 Å². The molecule has 0 spiro atoms. The highest BCUT2D eigenvalue weighted by molar-refractivity contribution is 7.90. The number of rotatable bonds is 7. The summed E-state index contributed by atoms with van der Waals surface area (Å²) in [4.78, 5) is 15.3. The lowest BCUT2D eigenvalue weighted by molar-refractivity contribution is -0.128. The minimum absolute atomic E-state index is 0.0337. The number of fused-ring (bicyclic) bond motifs is 1. The third-order valence-corrected chi connectivity index (χ3v) is 8.38. The lowest BCUT2D eigenvalue weighted by atomic mass is 9.84. The number of nitrogens with one attached hydrogen (secondary N) is 2. The van der Waals surface area contributed by atoms with Gasteiger partial charge in [0.25, 0.3) is 16.1 Å². The molecule has 0 saturated heterocycles. The van der Waals surface area contributed by atoms with Gasteiger partial charge in [0.05, 0.1) is 29.3 Å². The molecule has 2 unspecified atom stereocenters. The predicted molar refractivity (Wildman–Crippen MR) is 142 cm³/mol. The summed E-state index contributed by atoms with van der Waals surface area (Å²) in [6, 6.07) is 3.63. The van der Waals surface area contributed by atoms with Crippen LogP contribution in [0.25, 0.3) is 0 Å². The molecule has 13 heteroatoms. The average Bonchev–Trinajstić information content (AvgIpc) is 2.95. The lowest BCUT2D eigenvalue weighted by Gasteiger charge is -2.36. The molecular weight excluding hydrogens is 505 g/mol. The summed E-state index contributed by atoms with van der Waals surface area (Å²) in [5, 5.41) is 19.5. The van der Waals surface area contributed by atoms with Crippen molar-refractivity contribution in [2.45, 2.75) is 60.9 Å². The quantitative estimate of drug-likeness (QED) is 0.384. The Kier molecular flexibility index (Phi) is 7.42. The SMILES string of the molecule is CCOP1(=O)N=C(C2=C(O)C(C(C)(C)C)N(CCC(C)(C)C)C2=O)Nc2ccc(NS(N)(=O)=O)cc21. The Hall–Kier alpha value is -2.40. The van der Waals surface area contributed by atoms with E-state index in [1.54, 1.807) is 11.8 Å². The van der Waals surface area contributed by atoms with Crippen molar-refractivity contribution in [1.82, 2.24) is 4.90 Å². The molecule has 0 fully saturated rings. The van der Waals surface area contributed by atoms with E-state index in [2.05, 4.69) is 35.6 Å². The second kappa shape index (κ2) is 9.48. The molecule has 200 valence electrons. The first kappa shape index (κ1) is 28.2. The van der Waals surface area contributed by atoms with E-state index < -0.39 is 35.1 Å². The first-order valence-corrected chi connectivity index (χ1v) is 14.8. The van der Waals surface area contributed by atoms with Gasteiger partial charge in [-0.25, -0.2) is 5.14 Å². The van der Waals surface area contributed by atoms with Crippen LogP contribution in [0.3, 0.4) is 0 Å². The van der Waals surface area contributed by atoms with Gasteiger partial charge >= 0.3 is 7.52 Å². The van der Waals surface area contributed by atoms with Crippen LogP contribution in [0.15, 0.2) is 34.3 Å². The van der Waals surface area contributed by atoms with Crippen molar-refractivity contribution >= 4 is 46.2 Å². The van der Waals surface area contributed by atoms with Crippen LogP contribution in [0.5, 0.6) is 0 Å². The fourth-order valence-electron chi connectivity index (χ4n) is 4.26. The van der Waals surface area contributed by atoms with E-state index in [1.807, 2.05) is 20.8 Å². The van der Waals surface area contributed by atoms with E-state index in [4.69, 9.17) is 9.66 Å². The van der Waals surface area contributed by atoms with Crippen LogP contribution >= 0.6 is 7.52 Å². The monoisotopic (exact) mass is 541 g/mol. The molecule has 3 rings (SSSR count). The van der Waals surface area contributed by atoms with Gasteiger partial charge in [-0.3, -0.25) is 14.1 Å². The topological polar surface area (TPSA) is 163 Å². The number of carbonyl (C=O) groups is 1. The number of benzene rings is 1. The fourth-order valence-corrected chi connectivity index (χ4v) is 6.52. The highest BCUT2D eigenvalue weighted by atomic mass is 32.2. The van der Waals surface area contributed by atoms with E-state index in [-0.39, 0.29) is 40.2 Å². The van der Waals surface area contributed by atoms with Gasteiger partial charge < -0.3 is 19.8 Å². The fraction of sp³-hybridized carbons (Fsp3) is 0.565. The van der Waals surface area contributed by atoms with Crippen LogP contribution in [0.4, 0.5) is 11.4 Å². The molecule has 1 aromatic rings. The summed E-state index contributed by atoms with van der Waals surface area (Å²) in [5.74, 6) is -0.616. The van der Waals surface area contributed by atoms with Crippen molar-refractivity contribution < 1.29 is 27.4 Å². The molecule has 0 bridgehead atoms. The normalized spacial score (nSPS) is 22.9. The van der Waals surface area contributed by atoms with Crippen molar-refractivity contribution in [3.05, 3.63) is 29.5 Å². The maximum atomic E-state index is 13.9. The van der Waals surface area contributed by atoms with Gasteiger partial charge in [0.2, 0.25) is 0 Å². The predicted octanol–water partition coefficient (Wildman–Crippen LogP) is 3.49. The molecule has 5 N–H and O–H groups in total. The van der Waals surface area contributed by atoms with Gasteiger partial charge in [0.15, 0.2) is 5.84 Å². The van der Waals surface area contributed by atoms with Gasteiger partial charge in [-0.2, -0.15) is 13.2 Å². The van der Waals surface area contributed by atoms with Gasteiger partial charge in [0.1, 0.15) is 11.3 Å². The number of aliphatic hydroxyl groups is 1. The summed E-state index contributed by atoms with van der Waals surface area (Å²) < 4.78 is 48.8. The van der Waals surface area contributed by atoms with E-state index in [0.29, 0.717) is 18.7 Å². The minimum Gasteiger partial charge on any atom is -0.509 e. The van der Waals surface area contributed by atoms with Crippen molar-refractivity contribution in [2.24, 2.45) is 20.7 Å². The smallest absolute Gasteiger partial charge is 0.348 e. The Morgan fingerprint density at radius 2 is 1.89 bits per heavy atom. The maximum Gasteiger partial charge on any atom is 0.348 e. The zero-order valence-corrected chi connectivity index (χ0v) is 23.5. The second-order valence-electron chi connectivity index (χ2n) is 11.2. The van der Waals surface area contributed by atoms with E-state index >= 15 is 0 Å². The molecule has 1 aromatic carbocycles. The number of aliphatic hydroxyl groups excluding tert-OH is 1. The van der Waals surface area contributed by atoms with Crippen molar-refractivity contribution in [2.75, 3.05) is 23.2 Å². The largest absolute Gasteiger partial charge is 0.509 e. The molecule has 0 aliphatic carbocycles. The minimum atomic E-state index is -4.06. The number of anilines is 2. The summed E-state index contributed by atoms with van der Waals surface area (Å²) in [7, 11) is -8.01. The standard InChI is InChI=1S/C23H36N5O6PS/c1-8-34-35(31)16-13-14(27-36(24,32)33)9-10-15(16)25-20(26-35)17-18(29)19(23(5,6)7)28(21(17)30)12-11-22(2,3)4/h9-10,13,19,27,29H,8,11-12H2,1-7H3,(H2,24,32,33)(H,25,26,31). The Morgan fingerprint density at radius 1 is 1.25 bits per heavy atom. The highest BCUT2D eigenvalue weighted by Crippen LogP contribution is 2.53. The molecule has 2 heterocycles.